The van der Waals surface area contributed by atoms with Crippen LogP contribution in [0.3, 0.4) is 0 Å². The standard InChI is InChI=1S/C10H17N3S2/c1-8-5-13(2-3-14-7-8)6-9-4-12-10(11)15-9/h4,8H,2-3,5-7H2,1H3,(H2,11,12). The van der Waals surface area contributed by atoms with Gasteiger partial charge in [0.25, 0.3) is 0 Å². The molecule has 0 amide bonds. The average molecular weight is 243 g/mol. The Bertz CT molecular complexity index is 313. The second-order valence-electron chi connectivity index (χ2n) is 4.08. The summed E-state index contributed by atoms with van der Waals surface area (Å²) in [6, 6.07) is 0. The normalized spacial score (nSPS) is 23.9. The Morgan fingerprint density at radius 1 is 1.67 bits per heavy atom. The fraction of sp³-hybridized carbons (Fsp3) is 0.700. The van der Waals surface area contributed by atoms with Gasteiger partial charge in [0.05, 0.1) is 0 Å². The molecule has 1 aliphatic heterocycles. The van der Waals surface area contributed by atoms with Crippen molar-refractivity contribution in [3.05, 3.63) is 11.1 Å². The molecule has 1 atom stereocenters. The maximum absolute atomic E-state index is 5.63. The second-order valence-corrected chi connectivity index (χ2v) is 6.38. The molecule has 1 aromatic heterocycles. The van der Waals surface area contributed by atoms with Crippen molar-refractivity contribution in [2.45, 2.75) is 13.5 Å². The van der Waals surface area contributed by atoms with Crippen LogP contribution in [-0.2, 0) is 6.54 Å². The molecule has 2 N–H and O–H groups in total. The Morgan fingerprint density at radius 3 is 3.27 bits per heavy atom. The molecule has 1 aliphatic rings. The van der Waals surface area contributed by atoms with Gasteiger partial charge in [-0.1, -0.05) is 6.92 Å². The Labute approximate surface area is 99.1 Å². The number of thioether (sulfide) groups is 1. The third-order valence-electron chi connectivity index (χ3n) is 2.47. The monoisotopic (exact) mass is 243 g/mol. The van der Waals surface area contributed by atoms with Crippen LogP contribution in [-0.4, -0.2) is 34.5 Å². The number of hydrogen-bond donors (Lipinski definition) is 1. The molecule has 0 bridgehead atoms. The molecule has 84 valence electrons. The van der Waals surface area contributed by atoms with Crippen molar-refractivity contribution in [2.24, 2.45) is 5.92 Å². The third kappa shape index (κ3) is 3.36. The Kier molecular flexibility index (Phi) is 3.88. The van der Waals surface area contributed by atoms with E-state index in [0.717, 1.165) is 12.5 Å². The van der Waals surface area contributed by atoms with Crippen molar-refractivity contribution in [3.8, 4) is 0 Å². The first kappa shape index (κ1) is 11.2. The fourth-order valence-corrected chi connectivity index (χ4v) is 3.61. The highest BCUT2D eigenvalue weighted by Crippen LogP contribution is 2.20. The second kappa shape index (κ2) is 5.18. The van der Waals surface area contributed by atoms with Gasteiger partial charge in [0.2, 0.25) is 0 Å². The largest absolute Gasteiger partial charge is 0.375 e. The van der Waals surface area contributed by atoms with Gasteiger partial charge in [-0.25, -0.2) is 4.98 Å². The van der Waals surface area contributed by atoms with E-state index in [9.17, 15) is 0 Å². The van der Waals surface area contributed by atoms with Crippen molar-refractivity contribution >= 4 is 28.2 Å². The summed E-state index contributed by atoms with van der Waals surface area (Å²) in [7, 11) is 0. The first-order valence-corrected chi connectivity index (χ1v) is 7.21. The van der Waals surface area contributed by atoms with E-state index >= 15 is 0 Å². The van der Waals surface area contributed by atoms with Crippen LogP contribution >= 0.6 is 23.1 Å². The minimum atomic E-state index is 0.683. The highest BCUT2D eigenvalue weighted by molar-refractivity contribution is 7.99. The maximum atomic E-state index is 5.63. The van der Waals surface area contributed by atoms with Crippen LogP contribution in [0.1, 0.15) is 11.8 Å². The molecular weight excluding hydrogens is 226 g/mol. The van der Waals surface area contributed by atoms with E-state index in [1.54, 1.807) is 11.3 Å². The summed E-state index contributed by atoms with van der Waals surface area (Å²) < 4.78 is 0. The minimum Gasteiger partial charge on any atom is -0.375 e. The zero-order valence-electron chi connectivity index (χ0n) is 8.98. The van der Waals surface area contributed by atoms with E-state index < -0.39 is 0 Å². The number of aromatic nitrogens is 1. The van der Waals surface area contributed by atoms with Gasteiger partial charge in [-0.05, 0) is 11.7 Å². The quantitative estimate of drug-likeness (QED) is 0.861. The zero-order valence-corrected chi connectivity index (χ0v) is 10.6. The number of anilines is 1. The number of rotatable bonds is 2. The smallest absolute Gasteiger partial charge is 0.180 e. The van der Waals surface area contributed by atoms with Crippen molar-refractivity contribution in [2.75, 3.05) is 30.3 Å². The molecule has 0 radical (unpaired) electrons. The lowest BCUT2D eigenvalue weighted by atomic mass is 10.2. The molecule has 0 aliphatic carbocycles. The van der Waals surface area contributed by atoms with Crippen LogP contribution in [0.25, 0.3) is 0 Å². The molecule has 1 unspecified atom stereocenters. The van der Waals surface area contributed by atoms with E-state index in [1.807, 2.05) is 6.20 Å². The predicted molar refractivity (Wildman–Crippen MR) is 68.3 cm³/mol. The highest BCUT2D eigenvalue weighted by Gasteiger charge is 2.15. The summed E-state index contributed by atoms with van der Waals surface area (Å²) in [4.78, 5) is 7.88. The first-order chi connectivity index (χ1) is 7.24. The van der Waals surface area contributed by atoms with E-state index in [2.05, 4.69) is 28.6 Å². The zero-order chi connectivity index (χ0) is 10.7. The summed E-state index contributed by atoms with van der Waals surface area (Å²) in [5, 5.41) is 0.683. The number of hydrogen-bond acceptors (Lipinski definition) is 5. The van der Waals surface area contributed by atoms with Crippen molar-refractivity contribution < 1.29 is 0 Å². The number of nitrogens with zero attached hydrogens (tertiary/aromatic N) is 2. The van der Waals surface area contributed by atoms with Crippen molar-refractivity contribution in [1.29, 1.82) is 0 Å². The lowest BCUT2D eigenvalue weighted by Crippen LogP contribution is -2.28. The Hall–Kier alpha value is -0.260. The van der Waals surface area contributed by atoms with Crippen LogP contribution < -0.4 is 5.73 Å². The van der Waals surface area contributed by atoms with Gasteiger partial charge >= 0.3 is 0 Å². The van der Waals surface area contributed by atoms with Gasteiger partial charge in [0.1, 0.15) is 0 Å². The molecular formula is C10H17N3S2. The number of nitrogen functional groups attached to an aromatic ring is 1. The average Bonchev–Trinajstić information content (AvgIpc) is 2.46. The first-order valence-electron chi connectivity index (χ1n) is 5.24. The molecule has 1 fully saturated rings. The molecule has 1 saturated heterocycles. The summed E-state index contributed by atoms with van der Waals surface area (Å²) >= 11 is 3.67. The van der Waals surface area contributed by atoms with Gasteiger partial charge in [0, 0.05) is 36.5 Å². The van der Waals surface area contributed by atoms with Crippen molar-refractivity contribution in [1.82, 2.24) is 9.88 Å². The van der Waals surface area contributed by atoms with E-state index in [0.29, 0.717) is 5.13 Å². The molecule has 3 nitrogen and oxygen atoms in total. The molecule has 0 saturated carbocycles. The Balaban J connectivity index is 1.92. The van der Waals surface area contributed by atoms with Gasteiger partial charge in [-0.15, -0.1) is 11.3 Å². The minimum absolute atomic E-state index is 0.683. The number of thiazole rings is 1. The molecule has 15 heavy (non-hydrogen) atoms. The van der Waals surface area contributed by atoms with Crippen LogP contribution in [0, 0.1) is 5.92 Å². The lowest BCUT2D eigenvalue weighted by molar-refractivity contribution is 0.259. The van der Waals surface area contributed by atoms with Crippen LogP contribution in [0.15, 0.2) is 6.20 Å². The number of nitrogens with two attached hydrogens (primary N) is 1. The summed E-state index contributed by atoms with van der Waals surface area (Å²) in [6.45, 7) is 5.73. The van der Waals surface area contributed by atoms with E-state index in [4.69, 9.17) is 5.73 Å². The van der Waals surface area contributed by atoms with Gasteiger partial charge in [0.15, 0.2) is 5.13 Å². The molecule has 2 heterocycles. The molecule has 2 rings (SSSR count). The third-order valence-corrected chi connectivity index (χ3v) is 4.56. The van der Waals surface area contributed by atoms with Gasteiger partial charge < -0.3 is 5.73 Å². The molecule has 0 spiro atoms. The van der Waals surface area contributed by atoms with E-state index in [1.165, 1.54) is 29.5 Å². The van der Waals surface area contributed by atoms with Crippen LogP contribution in [0.4, 0.5) is 5.13 Å². The molecule has 5 heteroatoms. The van der Waals surface area contributed by atoms with Gasteiger partial charge in [-0.3, -0.25) is 4.90 Å². The lowest BCUT2D eigenvalue weighted by Gasteiger charge is -2.20. The molecule has 1 aromatic rings. The van der Waals surface area contributed by atoms with Crippen LogP contribution in [0.2, 0.25) is 0 Å². The SMILES string of the molecule is CC1CSCCN(Cc2cnc(N)s2)C1. The predicted octanol–water partition coefficient (Wildman–Crippen LogP) is 1.91. The highest BCUT2D eigenvalue weighted by atomic mass is 32.2. The summed E-state index contributed by atoms with van der Waals surface area (Å²) in [5.74, 6) is 3.34. The Morgan fingerprint density at radius 2 is 2.53 bits per heavy atom. The summed E-state index contributed by atoms with van der Waals surface area (Å²) in [5.41, 5.74) is 5.63. The maximum Gasteiger partial charge on any atom is 0.180 e. The molecule has 0 aromatic carbocycles. The fourth-order valence-electron chi connectivity index (χ4n) is 1.82. The van der Waals surface area contributed by atoms with Crippen LogP contribution in [0.5, 0.6) is 0 Å². The van der Waals surface area contributed by atoms with E-state index in [-0.39, 0.29) is 0 Å². The van der Waals surface area contributed by atoms with Gasteiger partial charge in [-0.2, -0.15) is 11.8 Å². The topological polar surface area (TPSA) is 42.2 Å². The van der Waals surface area contributed by atoms with Crippen molar-refractivity contribution in [3.63, 3.8) is 0 Å². The summed E-state index contributed by atoms with van der Waals surface area (Å²) in [6.07, 6.45) is 1.91.